The van der Waals surface area contributed by atoms with Crippen LogP contribution in [0.3, 0.4) is 0 Å². The number of fused-ring (bicyclic) bond motifs is 1. The van der Waals surface area contributed by atoms with Crippen molar-refractivity contribution in [2.24, 2.45) is 0 Å². The molecule has 0 unspecified atom stereocenters. The van der Waals surface area contributed by atoms with Crippen LogP contribution in [0.1, 0.15) is 41.8 Å². The zero-order chi connectivity index (χ0) is 17.9. The molecule has 2 aromatic heterocycles. The van der Waals surface area contributed by atoms with Gasteiger partial charge >= 0.3 is 0 Å². The molecule has 5 nitrogen and oxygen atoms in total. The fraction of sp³-hybridized carbons (Fsp3) is 0.381. The standard InChI is InChI=1S/C21H24N4O/c1-3-7-20-22-12-17-13-25(11-10-19(17)23-20)14-18-15(2)26-24-21(18)16-8-5-4-6-9-16/h4-6,8-9,12H,3,7,10-11,13-14H2,1-2H3. The van der Waals surface area contributed by atoms with Gasteiger partial charge in [-0.3, -0.25) is 4.90 Å². The molecule has 0 atom stereocenters. The largest absolute Gasteiger partial charge is 0.361 e. The van der Waals surface area contributed by atoms with Gasteiger partial charge in [0.1, 0.15) is 17.3 Å². The highest BCUT2D eigenvalue weighted by Crippen LogP contribution is 2.28. The maximum absolute atomic E-state index is 5.50. The minimum absolute atomic E-state index is 0.829. The third-order valence-electron chi connectivity index (χ3n) is 4.95. The summed E-state index contributed by atoms with van der Waals surface area (Å²) in [5.41, 5.74) is 5.67. The molecular formula is C21H24N4O. The fourth-order valence-corrected chi connectivity index (χ4v) is 3.52. The van der Waals surface area contributed by atoms with E-state index in [9.17, 15) is 0 Å². The molecule has 5 heteroatoms. The lowest BCUT2D eigenvalue weighted by atomic mass is 10.0. The maximum atomic E-state index is 5.50. The molecule has 0 N–H and O–H groups in total. The van der Waals surface area contributed by atoms with E-state index in [4.69, 9.17) is 9.51 Å². The van der Waals surface area contributed by atoms with Crippen LogP contribution >= 0.6 is 0 Å². The van der Waals surface area contributed by atoms with Crippen molar-refractivity contribution in [3.63, 3.8) is 0 Å². The normalized spacial score (nSPS) is 14.4. The van der Waals surface area contributed by atoms with E-state index in [2.05, 4.69) is 34.1 Å². The Kier molecular flexibility index (Phi) is 4.80. The Hall–Kier alpha value is -2.53. The Morgan fingerprint density at radius 1 is 1.19 bits per heavy atom. The molecule has 3 aromatic rings. The van der Waals surface area contributed by atoms with Crippen molar-refractivity contribution in [1.29, 1.82) is 0 Å². The smallest absolute Gasteiger partial charge is 0.138 e. The summed E-state index contributed by atoms with van der Waals surface area (Å²) in [4.78, 5) is 11.7. The SMILES string of the molecule is CCCc1ncc2c(n1)CCN(Cc1c(-c3ccccc3)noc1C)C2. The lowest BCUT2D eigenvalue weighted by molar-refractivity contribution is 0.241. The number of hydrogen-bond acceptors (Lipinski definition) is 5. The number of hydrogen-bond donors (Lipinski definition) is 0. The van der Waals surface area contributed by atoms with Gasteiger partial charge in [0.05, 0.1) is 0 Å². The van der Waals surface area contributed by atoms with E-state index in [0.29, 0.717) is 0 Å². The summed E-state index contributed by atoms with van der Waals surface area (Å²) in [5.74, 6) is 1.87. The van der Waals surface area contributed by atoms with Crippen molar-refractivity contribution in [3.8, 4) is 11.3 Å². The van der Waals surface area contributed by atoms with E-state index in [1.54, 1.807) is 0 Å². The highest BCUT2D eigenvalue weighted by molar-refractivity contribution is 5.63. The minimum Gasteiger partial charge on any atom is -0.361 e. The van der Waals surface area contributed by atoms with E-state index in [1.807, 2.05) is 31.3 Å². The molecule has 0 amide bonds. The lowest BCUT2D eigenvalue weighted by Crippen LogP contribution is -2.31. The zero-order valence-electron chi connectivity index (χ0n) is 15.4. The predicted molar refractivity (Wildman–Crippen MR) is 101 cm³/mol. The summed E-state index contributed by atoms with van der Waals surface area (Å²) in [7, 11) is 0. The fourth-order valence-electron chi connectivity index (χ4n) is 3.52. The topological polar surface area (TPSA) is 55.1 Å². The molecular weight excluding hydrogens is 324 g/mol. The molecule has 3 heterocycles. The van der Waals surface area contributed by atoms with Gasteiger partial charge in [-0.15, -0.1) is 0 Å². The van der Waals surface area contributed by atoms with E-state index < -0.39 is 0 Å². The highest BCUT2D eigenvalue weighted by Gasteiger charge is 2.22. The third-order valence-corrected chi connectivity index (χ3v) is 4.95. The Morgan fingerprint density at radius 2 is 2.04 bits per heavy atom. The molecule has 26 heavy (non-hydrogen) atoms. The number of rotatable bonds is 5. The molecule has 0 fully saturated rings. The Bertz CT molecular complexity index is 888. The average Bonchev–Trinajstić information content (AvgIpc) is 3.03. The van der Waals surface area contributed by atoms with Crippen LogP contribution in [0.4, 0.5) is 0 Å². The van der Waals surface area contributed by atoms with Crippen LogP contribution < -0.4 is 0 Å². The van der Waals surface area contributed by atoms with Crippen molar-refractivity contribution >= 4 is 0 Å². The maximum Gasteiger partial charge on any atom is 0.138 e. The van der Waals surface area contributed by atoms with E-state index in [0.717, 1.165) is 61.7 Å². The second-order valence-electron chi connectivity index (χ2n) is 6.90. The first-order chi connectivity index (χ1) is 12.7. The van der Waals surface area contributed by atoms with Gasteiger partial charge in [-0.25, -0.2) is 9.97 Å². The molecule has 0 saturated carbocycles. The van der Waals surface area contributed by atoms with Crippen LogP contribution in [0.2, 0.25) is 0 Å². The molecule has 0 bridgehead atoms. The van der Waals surface area contributed by atoms with Crippen molar-refractivity contribution < 1.29 is 4.52 Å². The molecule has 0 saturated heterocycles. The van der Waals surface area contributed by atoms with Gasteiger partial charge in [-0.1, -0.05) is 42.4 Å². The van der Waals surface area contributed by atoms with Gasteiger partial charge in [0.2, 0.25) is 0 Å². The minimum atomic E-state index is 0.829. The Balaban J connectivity index is 1.54. The van der Waals surface area contributed by atoms with Gasteiger partial charge in [0.25, 0.3) is 0 Å². The van der Waals surface area contributed by atoms with Crippen LogP contribution in [0.5, 0.6) is 0 Å². The monoisotopic (exact) mass is 348 g/mol. The first-order valence-electron chi connectivity index (χ1n) is 9.31. The van der Waals surface area contributed by atoms with E-state index in [1.165, 1.54) is 16.8 Å². The summed E-state index contributed by atoms with van der Waals surface area (Å²) in [5, 5.41) is 4.30. The van der Waals surface area contributed by atoms with Gasteiger partial charge in [-0.2, -0.15) is 0 Å². The number of benzene rings is 1. The van der Waals surface area contributed by atoms with Gasteiger partial charge in [0, 0.05) is 61.1 Å². The van der Waals surface area contributed by atoms with Crippen molar-refractivity contribution in [1.82, 2.24) is 20.0 Å². The molecule has 0 aliphatic carbocycles. The Morgan fingerprint density at radius 3 is 2.85 bits per heavy atom. The summed E-state index contributed by atoms with van der Waals surface area (Å²) in [6, 6.07) is 10.2. The van der Waals surface area contributed by atoms with Crippen LogP contribution in [0.15, 0.2) is 41.1 Å². The average molecular weight is 348 g/mol. The Labute approximate surface area is 154 Å². The summed E-state index contributed by atoms with van der Waals surface area (Å²) in [6.07, 6.45) is 5.02. The first-order valence-corrected chi connectivity index (χ1v) is 9.31. The van der Waals surface area contributed by atoms with Gasteiger partial charge < -0.3 is 4.52 Å². The molecule has 1 aromatic carbocycles. The number of nitrogens with zero attached hydrogens (tertiary/aromatic N) is 4. The molecule has 0 spiro atoms. The highest BCUT2D eigenvalue weighted by atomic mass is 16.5. The van der Waals surface area contributed by atoms with Gasteiger partial charge in [-0.05, 0) is 13.3 Å². The summed E-state index contributed by atoms with van der Waals surface area (Å²) in [6.45, 7) is 6.85. The van der Waals surface area contributed by atoms with Crippen LogP contribution in [-0.4, -0.2) is 26.6 Å². The summed E-state index contributed by atoms with van der Waals surface area (Å²) >= 11 is 0. The second kappa shape index (κ2) is 7.38. The second-order valence-corrected chi connectivity index (χ2v) is 6.90. The predicted octanol–water partition coefficient (Wildman–Crippen LogP) is 3.95. The quantitative estimate of drug-likeness (QED) is 0.699. The molecule has 4 rings (SSSR count). The zero-order valence-corrected chi connectivity index (χ0v) is 15.4. The van der Waals surface area contributed by atoms with Crippen molar-refractivity contribution in [2.45, 2.75) is 46.2 Å². The number of aromatic nitrogens is 3. The third kappa shape index (κ3) is 3.40. The van der Waals surface area contributed by atoms with Crippen molar-refractivity contribution in [2.75, 3.05) is 6.54 Å². The summed E-state index contributed by atoms with van der Waals surface area (Å²) < 4.78 is 5.50. The molecule has 1 aliphatic heterocycles. The molecule has 134 valence electrons. The van der Waals surface area contributed by atoms with E-state index >= 15 is 0 Å². The van der Waals surface area contributed by atoms with Crippen LogP contribution in [0.25, 0.3) is 11.3 Å². The van der Waals surface area contributed by atoms with Crippen molar-refractivity contribution in [3.05, 3.63) is 64.9 Å². The molecule has 1 aliphatic rings. The first kappa shape index (κ1) is 16.9. The van der Waals surface area contributed by atoms with E-state index in [-0.39, 0.29) is 0 Å². The van der Waals surface area contributed by atoms with Crippen LogP contribution in [-0.2, 0) is 25.9 Å². The van der Waals surface area contributed by atoms with Crippen LogP contribution in [0, 0.1) is 6.92 Å². The number of aryl methyl sites for hydroxylation is 2. The van der Waals surface area contributed by atoms with Gasteiger partial charge in [0.15, 0.2) is 0 Å². The lowest BCUT2D eigenvalue weighted by Gasteiger charge is -2.28. The molecule has 0 radical (unpaired) electrons.